The van der Waals surface area contributed by atoms with E-state index >= 15 is 0 Å². The first kappa shape index (κ1) is 11.6. The maximum absolute atomic E-state index is 11.4. The number of nitrogens with two attached hydrogens (primary N) is 1. The second-order valence-corrected chi connectivity index (χ2v) is 5.85. The molecule has 0 heterocycles. The molecule has 0 bridgehead atoms. The van der Waals surface area contributed by atoms with Gasteiger partial charge in [-0.2, -0.15) is 0 Å². The quantitative estimate of drug-likeness (QED) is 0.618. The summed E-state index contributed by atoms with van der Waals surface area (Å²) >= 11 is 0. The number of hydrogen-bond acceptors (Lipinski definition) is 3. The fourth-order valence-electron chi connectivity index (χ4n) is 2.83. The topological polar surface area (TPSA) is 55.1 Å². The van der Waals surface area contributed by atoms with Gasteiger partial charge in [0.25, 0.3) is 0 Å². The number of rotatable bonds is 5. The van der Waals surface area contributed by atoms with Crippen molar-refractivity contribution in [2.24, 2.45) is 11.3 Å². The van der Waals surface area contributed by atoms with Crippen LogP contribution in [0.1, 0.15) is 43.0 Å². The van der Waals surface area contributed by atoms with Crippen molar-refractivity contribution >= 4 is 17.2 Å². The molecular weight excluding hydrogens is 224 g/mol. The highest BCUT2D eigenvalue weighted by Crippen LogP contribution is 2.61. The molecular formula is C15H20N2O. The summed E-state index contributed by atoms with van der Waals surface area (Å²) in [6.45, 7) is 2.60. The molecule has 0 aromatic heterocycles. The molecule has 18 heavy (non-hydrogen) atoms. The Hall–Kier alpha value is -1.51. The second-order valence-electron chi connectivity index (χ2n) is 5.85. The fourth-order valence-corrected chi connectivity index (χ4v) is 2.83. The molecule has 0 unspecified atom stereocenters. The molecule has 2 saturated carbocycles. The molecule has 0 atom stereocenters. The molecule has 3 nitrogen and oxygen atoms in total. The van der Waals surface area contributed by atoms with Gasteiger partial charge < -0.3 is 11.1 Å². The van der Waals surface area contributed by atoms with E-state index in [1.54, 1.807) is 6.92 Å². The minimum Gasteiger partial charge on any atom is -0.398 e. The van der Waals surface area contributed by atoms with Crippen molar-refractivity contribution in [3.8, 4) is 0 Å². The molecule has 0 amide bonds. The highest BCUT2D eigenvalue weighted by molar-refractivity contribution is 6.00. The van der Waals surface area contributed by atoms with Crippen molar-refractivity contribution in [2.45, 2.75) is 32.6 Å². The molecule has 2 fully saturated rings. The molecule has 96 valence electrons. The van der Waals surface area contributed by atoms with E-state index in [4.69, 9.17) is 5.73 Å². The minimum atomic E-state index is 0.0273. The summed E-state index contributed by atoms with van der Waals surface area (Å²) in [7, 11) is 0. The molecule has 1 aromatic carbocycles. The van der Waals surface area contributed by atoms with Crippen LogP contribution >= 0.6 is 0 Å². The van der Waals surface area contributed by atoms with Crippen LogP contribution in [0.3, 0.4) is 0 Å². The number of carbonyl (C=O) groups is 1. The smallest absolute Gasteiger partial charge is 0.161 e. The number of carbonyl (C=O) groups excluding carboxylic acids is 1. The van der Waals surface area contributed by atoms with E-state index in [1.807, 2.05) is 18.2 Å². The van der Waals surface area contributed by atoms with Gasteiger partial charge in [-0.3, -0.25) is 4.79 Å². The average Bonchev–Trinajstić information content (AvgIpc) is 3.20. The van der Waals surface area contributed by atoms with Crippen LogP contribution in [0.4, 0.5) is 11.4 Å². The Bertz CT molecular complexity index is 487. The molecule has 0 saturated heterocycles. The summed E-state index contributed by atoms with van der Waals surface area (Å²) in [5, 5.41) is 3.48. The van der Waals surface area contributed by atoms with Gasteiger partial charge in [0.2, 0.25) is 0 Å². The van der Waals surface area contributed by atoms with E-state index in [0.29, 0.717) is 16.7 Å². The third kappa shape index (κ3) is 2.09. The lowest BCUT2D eigenvalue weighted by Crippen LogP contribution is -2.17. The van der Waals surface area contributed by atoms with Gasteiger partial charge in [0, 0.05) is 23.5 Å². The predicted molar refractivity (Wildman–Crippen MR) is 73.7 cm³/mol. The number of nitrogen functional groups attached to an aromatic ring is 1. The summed E-state index contributed by atoms with van der Waals surface area (Å²) in [4.78, 5) is 11.4. The van der Waals surface area contributed by atoms with Crippen LogP contribution < -0.4 is 11.1 Å². The Labute approximate surface area is 108 Å². The normalized spacial score (nSPS) is 20.5. The van der Waals surface area contributed by atoms with Crippen LogP contribution in [-0.2, 0) is 0 Å². The van der Waals surface area contributed by atoms with Gasteiger partial charge in [-0.1, -0.05) is 0 Å². The maximum atomic E-state index is 11.4. The summed E-state index contributed by atoms with van der Waals surface area (Å²) in [5.74, 6) is 0.977. The second kappa shape index (κ2) is 4.01. The SMILES string of the molecule is CC(=O)c1cc(NCC2(C3CC3)CC2)ccc1N. The van der Waals surface area contributed by atoms with Crippen LogP contribution in [0.15, 0.2) is 18.2 Å². The first-order chi connectivity index (χ1) is 8.61. The highest BCUT2D eigenvalue weighted by atomic mass is 16.1. The number of nitrogens with one attached hydrogen (secondary N) is 1. The monoisotopic (exact) mass is 244 g/mol. The number of Topliss-reactive ketones (excluding diaryl/α,β-unsaturated/α-hetero) is 1. The van der Waals surface area contributed by atoms with Crippen molar-refractivity contribution < 1.29 is 4.79 Å². The zero-order chi connectivity index (χ0) is 12.8. The van der Waals surface area contributed by atoms with E-state index in [1.165, 1.54) is 25.7 Å². The Morgan fingerprint density at radius 2 is 2.17 bits per heavy atom. The van der Waals surface area contributed by atoms with Crippen LogP contribution in [0.25, 0.3) is 0 Å². The summed E-state index contributed by atoms with van der Waals surface area (Å²) in [6.07, 6.45) is 5.53. The molecule has 3 N–H and O–H groups in total. The van der Waals surface area contributed by atoms with E-state index in [0.717, 1.165) is 18.2 Å². The maximum Gasteiger partial charge on any atom is 0.161 e. The summed E-state index contributed by atoms with van der Waals surface area (Å²) in [6, 6.07) is 5.65. The largest absolute Gasteiger partial charge is 0.398 e. The van der Waals surface area contributed by atoms with Crippen LogP contribution in [0.2, 0.25) is 0 Å². The van der Waals surface area contributed by atoms with Crippen LogP contribution in [-0.4, -0.2) is 12.3 Å². The molecule has 0 aliphatic heterocycles. The highest BCUT2D eigenvalue weighted by Gasteiger charge is 2.53. The van der Waals surface area contributed by atoms with Gasteiger partial charge in [-0.15, -0.1) is 0 Å². The van der Waals surface area contributed by atoms with Crippen molar-refractivity contribution in [1.82, 2.24) is 0 Å². The fraction of sp³-hybridized carbons (Fsp3) is 0.533. The van der Waals surface area contributed by atoms with Crippen molar-refractivity contribution in [2.75, 3.05) is 17.6 Å². The Morgan fingerprint density at radius 1 is 1.44 bits per heavy atom. The zero-order valence-electron chi connectivity index (χ0n) is 10.8. The molecule has 0 radical (unpaired) electrons. The van der Waals surface area contributed by atoms with Crippen molar-refractivity contribution in [3.63, 3.8) is 0 Å². The Kier molecular flexibility index (Phi) is 2.58. The Balaban J connectivity index is 1.69. The lowest BCUT2D eigenvalue weighted by atomic mass is 10.0. The summed E-state index contributed by atoms with van der Waals surface area (Å²) < 4.78 is 0. The molecule has 3 heteroatoms. The van der Waals surface area contributed by atoms with Crippen LogP contribution in [0, 0.1) is 11.3 Å². The molecule has 2 aliphatic rings. The third-order valence-electron chi connectivity index (χ3n) is 4.41. The van der Waals surface area contributed by atoms with E-state index in [-0.39, 0.29) is 5.78 Å². The van der Waals surface area contributed by atoms with E-state index in [2.05, 4.69) is 5.32 Å². The average molecular weight is 244 g/mol. The lowest BCUT2D eigenvalue weighted by molar-refractivity contribution is 0.101. The molecule has 3 rings (SSSR count). The lowest BCUT2D eigenvalue weighted by Gasteiger charge is -2.16. The van der Waals surface area contributed by atoms with Gasteiger partial charge in [0.1, 0.15) is 0 Å². The van der Waals surface area contributed by atoms with Crippen molar-refractivity contribution in [1.29, 1.82) is 0 Å². The van der Waals surface area contributed by atoms with Gasteiger partial charge in [0.05, 0.1) is 0 Å². The first-order valence-corrected chi connectivity index (χ1v) is 6.75. The number of benzene rings is 1. The molecule has 1 aromatic rings. The number of anilines is 2. The molecule has 2 aliphatic carbocycles. The third-order valence-corrected chi connectivity index (χ3v) is 4.41. The number of ketones is 1. The van der Waals surface area contributed by atoms with Gasteiger partial charge in [-0.05, 0) is 62.1 Å². The summed E-state index contributed by atoms with van der Waals surface area (Å²) in [5.41, 5.74) is 8.56. The van der Waals surface area contributed by atoms with Crippen molar-refractivity contribution in [3.05, 3.63) is 23.8 Å². The van der Waals surface area contributed by atoms with E-state index in [9.17, 15) is 4.79 Å². The standard InChI is InChI=1S/C15H20N2O/c1-10(18)13-8-12(4-5-14(13)16)17-9-15(6-7-15)11-2-3-11/h4-5,8,11,17H,2-3,6-7,9,16H2,1H3. The molecule has 0 spiro atoms. The van der Waals surface area contributed by atoms with Gasteiger partial charge in [0.15, 0.2) is 5.78 Å². The van der Waals surface area contributed by atoms with E-state index < -0.39 is 0 Å². The van der Waals surface area contributed by atoms with Gasteiger partial charge >= 0.3 is 0 Å². The number of hydrogen-bond donors (Lipinski definition) is 2. The minimum absolute atomic E-state index is 0.0273. The zero-order valence-corrected chi connectivity index (χ0v) is 10.8. The van der Waals surface area contributed by atoms with Crippen LogP contribution in [0.5, 0.6) is 0 Å². The Morgan fingerprint density at radius 3 is 2.72 bits per heavy atom. The first-order valence-electron chi connectivity index (χ1n) is 6.75. The van der Waals surface area contributed by atoms with Gasteiger partial charge in [-0.25, -0.2) is 0 Å². The predicted octanol–water partition coefficient (Wildman–Crippen LogP) is 3.07.